The number of imidazole rings is 1. The first-order valence-corrected chi connectivity index (χ1v) is 9.53. The molecule has 1 aromatic carbocycles. The summed E-state index contributed by atoms with van der Waals surface area (Å²) >= 11 is 0. The van der Waals surface area contributed by atoms with E-state index in [1.807, 2.05) is 29.8 Å². The van der Waals surface area contributed by atoms with Crippen LogP contribution in [-0.2, 0) is 4.79 Å². The van der Waals surface area contributed by atoms with E-state index < -0.39 is 0 Å². The molecule has 8 heteroatoms. The fourth-order valence-corrected chi connectivity index (χ4v) is 3.56. The highest BCUT2D eigenvalue weighted by molar-refractivity contribution is 5.93. The molecule has 1 amide bonds. The summed E-state index contributed by atoms with van der Waals surface area (Å²) in [6.07, 6.45) is 6.62. The van der Waals surface area contributed by atoms with Gasteiger partial charge >= 0.3 is 0 Å². The molecule has 8 nitrogen and oxygen atoms in total. The lowest BCUT2D eigenvalue weighted by Gasteiger charge is -2.32. The Morgan fingerprint density at radius 2 is 1.93 bits per heavy atom. The van der Waals surface area contributed by atoms with Crippen LogP contribution < -0.4 is 10.2 Å². The monoisotopic (exact) mass is 387 g/mol. The van der Waals surface area contributed by atoms with Gasteiger partial charge in [0.2, 0.25) is 5.91 Å². The number of carbonyl (C=O) groups is 1. The van der Waals surface area contributed by atoms with Crippen molar-refractivity contribution in [2.75, 3.05) is 23.3 Å². The van der Waals surface area contributed by atoms with Crippen LogP contribution in [0.3, 0.4) is 0 Å². The minimum atomic E-state index is -0.0878. The van der Waals surface area contributed by atoms with Gasteiger partial charge in [0.15, 0.2) is 0 Å². The van der Waals surface area contributed by atoms with Crippen LogP contribution in [0.15, 0.2) is 49.1 Å². The molecule has 0 spiro atoms. The number of anilines is 2. The number of nitrogens with zero attached hydrogens (tertiary/aromatic N) is 6. The first-order valence-electron chi connectivity index (χ1n) is 9.53. The molecule has 3 aromatic rings. The van der Waals surface area contributed by atoms with Crippen molar-refractivity contribution < 1.29 is 4.79 Å². The lowest BCUT2D eigenvalue weighted by Crippen LogP contribution is -2.38. The third-order valence-electron chi connectivity index (χ3n) is 5.21. The molecular weight excluding hydrogens is 366 g/mol. The van der Waals surface area contributed by atoms with E-state index >= 15 is 0 Å². The highest BCUT2D eigenvalue weighted by atomic mass is 16.1. The number of hydrogen-bond acceptors (Lipinski definition) is 6. The van der Waals surface area contributed by atoms with Gasteiger partial charge in [-0.2, -0.15) is 5.26 Å². The SMILES string of the molecule is Cc1nccn1-c1cc(N2CCC(C(=O)Nc3ccccc3C#N)CC2)ncn1. The Bertz CT molecular complexity index is 1060. The smallest absolute Gasteiger partial charge is 0.227 e. The van der Waals surface area contributed by atoms with Gasteiger partial charge in [0.1, 0.15) is 29.9 Å². The van der Waals surface area contributed by atoms with Crippen molar-refractivity contribution in [2.45, 2.75) is 19.8 Å². The molecule has 1 saturated heterocycles. The van der Waals surface area contributed by atoms with Crippen molar-refractivity contribution in [1.29, 1.82) is 5.26 Å². The second-order valence-electron chi connectivity index (χ2n) is 6.99. The number of hydrogen-bond donors (Lipinski definition) is 1. The number of aryl methyl sites for hydroxylation is 1. The molecule has 0 bridgehead atoms. The second-order valence-corrected chi connectivity index (χ2v) is 6.99. The van der Waals surface area contributed by atoms with Gasteiger partial charge < -0.3 is 10.2 Å². The topological polar surface area (TPSA) is 99.7 Å². The summed E-state index contributed by atoms with van der Waals surface area (Å²) in [5.74, 6) is 2.36. The first kappa shape index (κ1) is 18.6. The number of benzene rings is 1. The maximum atomic E-state index is 12.7. The van der Waals surface area contributed by atoms with Gasteiger partial charge in [-0.3, -0.25) is 9.36 Å². The van der Waals surface area contributed by atoms with Crippen LogP contribution in [-0.4, -0.2) is 38.5 Å². The Morgan fingerprint density at radius 1 is 1.17 bits per heavy atom. The molecule has 0 saturated carbocycles. The Hall–Kier alpha value is -3.73. The third-order valence-corrected chi connectivity index (χ3v) is 5.21. The molecule has 1 N–H and O–H groups in total. The van der Waals surface area contributed by atoms with Crippen LogP contribution in [0.4, 0.5) is 11.5 Å². The largest absolute Gasteiger partial charge is 0.356 e. The standard InChI is InChI=1S/C21H21N7O/c1-15-23-8-11-28(15)20-12-19(24-14-25-20)27-9-6-16(7-10-27)21(29)26-18-5-3-2-4-17(18)13-22/h2-5,8,11-12,14,16H,6-7,9-10H2,1H3,(H,26,29). The van der Waals surface area contributed by atoms with Crippen LogP contribution in [0.1, 0.15) is 24.2 Å². The molecule has 1 fully saturated rings. The van der Waals surface area contributed by atoms with Gasteiger partial charge in [-0.05, 0) is 31.9 Å². The van der Waals surface area contributed by atoms with Crippen LogP contribution in [0.2, 0.25) is 0 Å². The van der Waals surface area contributed by atoms with Gasteiger partial charge in [-0.15, -0.1) is 0 Å². The fourth-order valence-electron chi connectivity index (χ4n) is 3.56. The molecule has 29 heavy (non-hydrogen) atoms. The lowest BCUT2D eigenvalue weighted by atomic mass is 9.95. The predicted molar refractivity (Wildman–Crippen MR) is 109 cm³/mol. The molecule has 0 unspecified atom stereocenters. The molecule has 0 atom stereocenters. The Morgan fingerprint density at radius 3 is 2.66 bits per heavy atom. The minimum Gasteiger partial charge on any atom is -0.356 e. The van der Waals surface area contributed by atoms with E-state index in [-0.39, 0.29) is 11.8 Å². The summed E-state index contributed by atoms with van der Waals surface area (Å²) < 4.78 is 1.91. The van der Waals surface area contributed by atoms with Gasteiger partial charge in [0, 0.05) is 37.5 Å². The maximum absolute atomic E-state index is 12.7. The molecule has 1 aliphatic rings. The molecule has 4 rings (SSSR count). The zero-order chi connectivity index (χ0) is 20.2. The lowest BCUT2D eigenvalue weighted by molar-refractivity contribution is -0.120. The zero-order valence-electron chi connectivity index (χ0n) is 16.1. The molecule has 0 radical (unpaired) electrons. The third kappa shape index (κ3) is 3.94. The van der Waals surface area contributed by atoms with Crippen molar-refractivity contribution in [3.05, 3.63) is 60.4 Å². The second kappa shape index (κ2) is 8.10. The summed E-state index contributed by atoms with van der Waals surface area (Å²) in [6, 6.07) is 11.1. The zero-order valence-corrected chi connectivity index (χ0v) is 16.1. The normalized spacial score (nSPS) is 14.4. The van der Waals surface area contributed by atoms with E-state index in [0.717, 1.165) is 43.4 Å². The molecule has 2 aromatic heterocycles. The van der Waals surface area contributed by atoms with Crippen LogP contribution in [0, 0.1) is 24.2 Å². The van der Waals surface area contributed by atoms with Crippen molar-refractivity contribution in [1.82, 2.24) is 19.5 Å². The van der Waals surface area contributed by atoms with Crippen molar-refractivity contribution in [3.8, 4) is 11.9 Å². The maximum Gasteiger partial charge on any atom is 0.227 e. The number of aromatic nitrogens is 4. The molecule has 146 valence electrons. The number of carbonyl (C=O) groups excluding carboxylic acids is 1. The van der Waals surface area contributed by atoms with Crippen LogP contribution >= 0.6 is 0 Å². The van der Waals surface area contributed by atoms with Crippen molar-refractivity contribution in [3.63, 3.8) is 0 Å². The number of piperidine rings is 1. The molecule has 3 heterocycles. The molecule has 1 aliphatic heterocycles. The predicted octanol–water partition coefficient (Wildman–Crippen LogP) is 2.70. The average molecular weight is 387 g/mol. The molecule has 0 aliphatic carbocycles. The summed E-state index contributed by atoms with van der Waals surface area (Å²) in [7, 11) is 0. The Labute approximate surface area is 168 Å². The van der Waals surface area contributed by atoms with E-state index in [4.69, 9.17) is 0 Å². The summed E-state index contributed by atoms with van der Waals surface area (Å²) in [4.78, 5) is 27.8. The summed E-state index contributed by atoms with van der Waals surface area (Å²) in [5, 5.41) is 12.1. The number of rotatable bonds is 4. The quantitative estimate of drug-likeness (QED) is 0.739. The minimum absolute atomic E-state index is 0.0373. The number of nitrogens with one attached hydrogen (secondary N) is 1. The van der Waals surface area contributed by atoms with E-state index in [1.165, 1.54) is 0 Å². The summed E-state index contributed by atoms with van der Waals surface area (Å²) in [5.41, 5.74) is 1.04. The van der Waals surface area contributed by atoms with E-state index in [0.29, 0.717) is 11.3 Å². The van der Waals surface area contributed by atoms with Crippen molar-refractivity contribution >= 4 is 17.4 Å². The Balaban J connectivity index is 1.40. The number of amides is 1. The fraction of sp³-hybridized carbons (Fsp3) is 0.286. The highest BCUT2D eigenvalue weighted by Crippen LogP contribution is 2.24. The molecular formula is C21H21N7O. The van der Waals surface area contributed by atoms with Gasteiger partial charge in [0.05, 0.1) is 11.3 Å². The van der Waals surface area contributed by atoms with Gasteiger partial charge in [-0.25, -0.2) is 15.0 Å². The van der Waals surface area contributed by atoms with E-state index in [2.05, 4.69) is 31.2 Å². The van der Waals surface area contributed by atoms with E-state index in [9.17, 15) is 10.1 Å². The highest BCUT2D eigenvalue weighted by Gasteiger charge is 2.26. The van der Waals surface area contributed by atoms with Gasteiger partial charge in [0.25, 0.3) is 0 Å². The average Bonchev–Trinajstić information content (AvgIpc) is 3.20. The van der Waals surface area contributed by atoms with Crippen LogP contribution in [0.5, 0.6) is 0 Å². The first-order chi connectivity index (χ1) is 14.2. The number of para-hydroxylation sites is 1. The van der Waals surface area contributed by atoms with Crippen LogP contribution in [0.25, 0.3) is 5.82 Å². The summed E-state index contributed by atoms with van der Waals surface area (Å²) in [6.45, 7) is 3.39. The number of nitriles is 1. The van der Waals surface area contributed by atoms with Crippen molar-refractivity contribution in [2.24, 2.45) is 5.92 Å². The van der Waals surface area contributed by atoms with E-state index in [1.54, 1.807) is 30.7 Å². The van der Waals surface area contributed by atoms with Gasteiger partial charge in [-0.1, -0.05) is 12.1 Å². The Kier molecular flexibility index (Phi) is 5.20.